The Morgan fingerprint density at radius 3 is 1.86 bits per heavy atom. The van der Waals surface area contributed by atoms with Crippen molar-refractivity contribution in [3.8, 4) is 0 Å². The van der Waals surface area contributed by atoms with Crippen LogP contribution in [0, 0.1) is 0 Å². The van der Waals surface area contributed by atoms with Gasteiger partial charge in [-0.3, -0.25) is 4.99 Å². The van der Waals surface area contributed by atoms with Gasteiger partial charge in [-0.05, 0) is 26.3 Å². The summed E-state index contributed by atoms with van der Waals surface area (Å²) in [6, 6.07) is 0. The van der Waals surface area contributed by atoms with Gasteiger partial charge in [0.25, 0.3) is 0 Å². The van der Waals surface area contributed by atoms with E-state index in [1.165, 1.54) is 5.57 Å². The van der Waals surface area contributed by atoms with Crippen LogP contribution in [0.3, 0.4) is 0 Å². The van der Waals surface area contributed by atoms with Crippen LogP contribution < -0.4 is 0 Å². The Kier molecular flexibility index (Phi) is 24.3. The molecular weight excluding hydrogens is 170 g/mol. The van der Waals surface area contributed by atoms with Crippen LogP contribution in [0.2, 0.25) is 0 Å². The largest absolute Gasteiger partial charge is 0.262 e. The first-order valence-electron chi connectivity index (χ1n) is 5.53. The molecule has 0 aliphatic carbocycles. The molecule has 1 nitrogen and oxygen atoms in total. The number of rotatable bonds is 3. The minimum absolute atomic E-state index is 1.02. The van der Waals surface area contributed by atoms with E-state index in [-0.39, 0.29) is 0 Å². The summed E-state index contributed by atoms with van der Waals surface area (Å²) in [4.78, 5) is 4.02. The monoisotopic (exact) mass is 197 g/mol. The quantitative estimate of drug-likeness (QED) is 0.565. The van der Waals surface area contributed by atoms with Gasteiger partial charge in [0.1, 0.15) is 0 Å². The summed E-state index contributed by atoms with van der Waals surface area (Å²) in [5.74, 6) is 0. The lowest BCUT2D eigenvalue weighted by Crippen LogP contribution is -1.84. The molecule has 84 valence electrons. The van der Waals surface area contributed by atoms with E-state index in [4.69, 9.17) is 0 Å². The van der Waals surface area contributed by atoms with Crippen LogP contribution in [-0.2, 0) is 0 Å². The molecule has 0 saturated heterocycles. The van der Waals surface area contributed by atoms with Crippen molar-refractivity contribution in [2.75, 3.05) is 0 Å². The molecule has 0 aromatic rings. The van der Waals surface area contributed by atoms with E-state index in [1.807, 2.05) is 34.6 Å². The maximum Gasteiger partial charge on any atom is 0.0371 e. The zero-order chi connectivity index (χ0) is 12.0. The van der Waals surface area contributed by atoms with Gasteiger partial charge in [0, 0.05) is 11.9 Å². The van der Waals surface area contributed by atoms with Crippen molar-refractivity contribution in [2.45, 2.75) is 54.9 Å². The van der Waals surface area contributed by atoms with E-state index in [0.717, 1.165) is 12.1 Å². The number of aliphatic imine (C=N–C) groups is 1. The zero-order valence-corrected chi connectivity index (χ0v) is 11.0. The van der Waals surface area contributed by atoms with Gasteiger partial charge in [-0.2, -0.15) is 0 Å². The molecule has 0 saturated carbocycles. The van der Waals surface area contributed by atoms with E-state index in [2.05, 4.69) is 31.5 Å². The van der Waals surface area contributed by atoms with Gasteiger partial charge in [0.2, 0.25) is 0 Å². The van der Waals surface area contributed by atoms with Crippen LogP contribution in [0.15, 0.2) is 29.4 Å². The second-order valence-electron chi connectivity index (χ2n) is 2.30. The van der Waals surface area contributed by atoms with Crippen molar-refractivity contribution in [1.29, 1.82) is 0 Å². The summed E-state index contributed by atoms with van der Waals surface area (Å²) in [7, 11) is 0. The maximum atomic E-state index is 4.02. The highest BCUT2D eigenvalue weighted by Gasteiger charge is 1.84. The fourth-order valence-corrected chi connectivity index (χ4v) is 0.640. The van der Waals surface area contributed by atoms with Gasteiger partial charge in [0.15, 0.2) is 0 Å². The van der Waals surface area contributed by atoms with Crippen molar-refractivity contribution < 1.29 is 0 Å². The lowest BCUT2D eigenvalue weighted by molar-refractivity contribution is 1.10. The van der Waals surface area contributed by atoms with E-state index >= 15 is 0 Å². The van der Waals surface area contributed by atoms with E-state index in [1.54, 1.807) is 6.20 Å². The molecule has 14 heavy (non-hydrogen) atoms. The van der Waals surface area contributed by atoms with Crippen LogP contribution in [0.1, 0.15) is 54.9 Å². The standard InChI is InChI=1S/C9H15N.2C2H6/c1-5-8(3)7-9(4)10-6-2;2*1-2/h6-7H,2,5H2,1,3-4H3;2*1-2H3/b8-7-,10-9?;;. The third-order valence-electron chi connectivity index (χ3n) is 1.31. The fraction of sp³-hybridized carbons (Fsp3) is 0.615. The Morgan fingerprint density at radius 1 is 1.14 bits per heavy atom. The molecule has 0 unspecified atom stereocenters. The molecule has 0 radical (unpaired) electrons. The van der Waals surface area contributed by atoms with Crippen molar-refractivity contribution in [3.63, 3.8) is 0 Å². The van der Waals surface area contributed by atoms with Gasteiger partial charge in [-0.15, -0.1) is 0 Å². The third-order valence-corrected chi connectivity index (χ3v) is 1.31. The van der Waals surface area contributed by atoms with E-state index < -0.39 is 0 Å². The summed E-state index contributed by atoms with van der Waals surface area (Å²) in [6.45, 7) is 17.7. The lowest BCUT2D eigenvalue weighted by atomic mass is 10.2. The predicted molar refractivity (Wildman–Crippen MR) is 70.1 cm³/mol. The Balaban J connectivity index is -0.000000266. The highest BCUT2D eigenvalue weighted by atomic mass is 14.7. The molecule has 1 heteroatoms. The highest BCUT2D eigenvalue weighted by molar-refractivity contribution is 5.93. The molecule has 0 aliphatic heterocycles. The van der Waals surface area contributed by atoms with Gasteiger partial charge < -0.3 is 0 Å². The molecule has 0 aliphatic rings. The molecular formula is C13H27N. The van der Waals surface area contributed by atoms with Gasteiger partial charge in [-0.25, -0.2) is 0 Å². The second-order valence-corrected chi connectivity index (χ2v) is 2.30. The Labute approximate surface area is 90.6 Å². The highest BCUT2D eigenvalue weighted by Crippen LogP contribution is 1.98. The van der Waals surface area contributed by atoms with Gasteiger partial charge in [0.05, 0.1) is 0 Å². The zero-order valence-electron chi connectivity index (χ0n) is 11.0. The minimum atomic E-state index is 1.02. The maximum absolute atomic E-state index is 4.02. The third kappa shape index (κ3) is 17.3. The van der Waals surface area contributed by atoms with Crippen molar-refractivity contribution >= 4 is 5.71 Å². The number of hydrogen-bond acceptors (Lipinski definition) is 1. The molecule has 0 aromatic heterocycles. The van der Waals surface area contributed by atoms with Crippen LogP contribution in [0.25, 0.3) is 0 Å². The van der Waals surface area contributed by atoms with Crippen LogP contribution in [-0.4, -0.2) is 5.71 Å². The smallest absolute Gasteiger partial charge is 0.0371 e. The van der Waals surface area contributed by atoms with Gasteiger partial charge >= 0.3 is 0 Å². The predicted octanol–water partition coefficient (Wildman–Crippen LogP) is 5.00. The summed E-state index contributed by atoms with van der Waals surface area (Å²) >= 11 is 0. The van der Waals surface area contributed by atoms with Crippen molar-refractivity contribution in [1.82, 2.24) is 0 Å². The Hall–Kier alpha value is -0.850. The summed E-state index contributed by atoms with van der Waals surface area (Å²) in [5.41, 5.74) is 2.37. The molecule has 0 N–H and O–H groups in total. The fourth-order valence-electron chi connectivity index (χ4n) is 0.640. The average molecular weight is 197 g/mol. The average Bonchev–Trinajstić information content (AvgIpc) is 2.24. The molecule has 0 rings (SSSR count). The number of allylic oxidation sites excluding steroid dienone is 2. The molecule has 0 heterocycles. The number of nitrogens with zero attached hydrogens (tertiary/aromatic N) is 1. The van der Waals surface area contributed by atoms with E-state index in [9.17, 15) is 0 Å². The van der Waals surface area contributed by atoms with Crippen molar-refractivity contribution in [3.05, 3.63) is 24.4 Å². The Bertz CT molecular complexity index is 164. The lowest BCUT2D eigenvalue weighted by Gasteiger charge is -1.93. The molecule has 0 atom stereocenters. The van der Waals surface area contributed by atoms with Crippen LogP contribution in [0.5, 0.6) is 0 Å². The SMILES string of the molecule is C=CN=C(C)/C=C(/C)CC.CC.CC. The van der Waals surface area contributed by atoms with E-state index in [0.29, 0.717) is 0 Å². The first kappa shape index (κ1) is 18.8. The van der Waals surface area contributed by atoms with Crippen molar-refractivity contribution in [2.24, 2.45) is 4.99 Å². The molecule has 0 spiro atoms. The van der Waals surface area contributed by atoms with Crippen LogP contribution >= 0.6 is 0 Å². The Morgan fingerprint density at radius 2 is 1.57 bits per heavy atom. The molecule has 0 fully saturated rings. The summed E-state index contributed by atoms with van der Waals surface area (Å²) < 4.78 is 0. The normalized spacial score (nSPS) is 10.5. The second kappa shape index (κ2) is 18.0. The summed E-state index contributed by atoms with van der Waals surface area (Å²) in [5, 5.41) is 0. The first-order chi connectivity index (χ1) is 6.70. The number of hydrogen-bond donors (Lipinski definition) is 0. The molecule has 0 amide bonds. The molecule has 0 bridgehead atoms. The first-order valence-corrected chi connectivity index (χ1v) is 5.53. The summed E-state index contributed by atoms with van der Waals surface area (Å²) in [6.07, 6.45) is 4.72. The topological polar surface area (TPSA) is 12.4 Å². The van der Waals surface area contributed by atoms with Gasteiger partial charge in [-0.1, -0.05) is 46.8 Å². The minimum Gasteiger partial charge on any atom is -0.262 e. The van der Waals surface area contributed by atoms with Crippen LogP contribution in [0.4, 0.5) is 0 Å². The molecule has 0 aromatic carbocycles.